The summed E-state index contributed by atoms with van der Waals surface area (Å²) in [5, 5.41) is 22.3. The molecule has 4 N–H and O–H groups in total. The Morgan fingerprint density at radius 1 is 1.44 bits per heavy atom. The number of carboxylic acids is 1. The van der Waals surface area contributed by atoms with E-state index in [9.17, 15) is 9.59 Å². The number of rotatable bonds is 7. The average molecular weight is 250 g/mol. The monoisotopic (exact) mass is 250 g/mol. The van der Waals surface area contributed by atoms with Crippen molar-refractivity contribution in [3.8, 4) is 0 Å². The van der Waals surface area contributed by atoms with Crippen LogP contribution >= 0.6 is 11.8 Å². The molecule has 0 aromatic heterocycles. The third-order valence-electron chi connectivity index (χ3n) is 1.94. The van der Waals surface area contributed by atoms with E-state index in [1.54, 1.807) is 11.8 Å². The van der Waals surface area contributed by atoms with E-state index in [2.05, 4.69) is 10.6 Å². The van der Waals surface area contributed by atoms with E-state index in [1.807, 2.05) is 13.2 Å². The van der Waals surface area contributed by atoms with Gasteiger partial charge in [0.15, 0.2) is 6.10 Å². The second-order valence-corrected chi connectivity index (χ2v) is 4.18. The maximum atomic E-state index is 11.3. The van der Waals surface area contributed by atoms with Crippen molar-refractivity contribution in [2.45, 2.75) is 25.5 Å². The normalized spacial score (nSPS) is 13.9. The van der Waals surface area contributed by atoms with Gasteiger partial charge in [-0.05, 0) is 12.7 Å². The molecule has 0 saturated carbocycles. The van der Waals surface area contributed by atoms with Crippen LogP contribution in [0, 0.1) is 0 Å². The van der Waals surface area contributed by atoms with Gasteiger partial charge in [-0.1, -0.05) is 6.92 Å². The van der Waals surface area contributed by atoms with Gasteiger partial charge in [0, 0.05) is 11.8 Å². The molecule has 2 atom stereocenters. The van der Waals surface area contributed by atoms with Crippen molar-refractivity contribution in [1.29, 1.82) is 0 Å². The number of aliphatic hydroxyl groups is 1. The minimum atomic E-state index is -1.56. The molecule has 7 heteroatoms. The first kappa shape index (κ1) is 15.0. The molecule has 0 aromatic carbocycles. The quantitative estimate of drug-likeness (QED) is 0.504. The van der Waals surface area contributed by atoms with E-state index in [4.69, 9.17) is 10.2 Å². The summed E-state index contributed by atoms with van der Waals surface area (Å²) in [6, 6.07) is -0.404. The smallest absolute Gasteiger partial charge is 0.334 e. The topological polar surface area (TPSA) is 98.7 Å². The van der Waals surface area contributed by atoms with Gasteiger partial charge >= 0.3 is 12.0 Å². The first-order chi connectivity index (χ1) is 7.51. The predicted molar refractivity (Wildman–Crippen MR) is 62.6 cm³/mol. The molecule has 16 heavy (non-hydrogen) atoms. The third-order valence-corrected chi connectivity index (χ3v) is 2.67. The Labute approximate surface area is 98.8 Å². The predicted octanol–water partition coefficient (Wildman–Crippen LogP) is -0.127. The number of hydrogen-bond acceptors (Lipinski definition) is 4. The molecule has 0 radical (unpaired) electrons. The van der Waals surface area contributed by atoms with Gasteiger partial charge in [-0.2, -0.15) is 11.8 Å². The second-order valence-electron chi connectivity index (χ2n) is 3.27. The molecular formula is C9H18N2O4S. The number of carbonyl (C=O) groups is 2. The van der Waals surface area contributed by atoms with E-state index in [0.717, 1.165) is 12.2 Å². The van der Waals surface area contributed by atoms with Crippen LogP contribution in [-0.2, 0) is 4.79 Å². The first-order valence-electron chi connectivity index (χ1n) is 4.95. The fraction of sp³-hybridized carbons (Fsp3) is 0.778. The Kier molecular flexibility index (Phi) is 7.74. The molecule has 0 saturated heterocycles. The number of hydrogen-bond donors (Lipinski definition) is 4. The first-order valence-corrected chi connectivity index (χ1v) is 6.34. The van der Waals surface area contributed by atoms with Gasteiger partial charge in [-0.15, -0.1) is 0 Å². The van der Waals surface area contributed by atoms with Crippen molar-refractivity contribution in [2.24, 2.45) is 0 Å². The summed E-state index contributed by atoms with van der Waals surface area (Å²) >= 11 is 1.62. The Bertz CT molecular complexity index is 238. The lowest BCUT2D eigenvalue weighted by Gasteiger charge is -2.16. The highest BCUT2D eigenvalue weighted by Gasteiger charge is 2.15. The summed E-state index contributed by atoms with van der Waals surface area (Å²) in [6.07, 6.45) is 1.18. The summed E-state index contributed by atoms with van der Waals surface area (Å²) < 4.78 is 0. The van der Waals surface area contributed by atoms with Crippen LogP contribution < -0.4 is 10.6 Å². The molecule has 2 amide bonds. The van der Waals surface area contributed by atoms with Gasteiger partial charge in [0.1, 0.15) is 0 Å². The van der Waals surface area contributed by atoms with Gasteiger partial charge in [-0.3, -0.25) is 0 Å². The summed E-state index contributed by atoms with van der Waals surface area (Å²) in [7, 11) is 0. The minimum Gasteiger partial charge on any atom is -0.479 e. The largest absolute Gasteiger partial charge is 0.479 e. The van der Waals surface area contributed by atoms with Crippen LogP contribution in [0.1, 0.15) is 13.3 Å². The van der Waals surface area contributed by atoms with Gasteiger partial charge in [0.2, 0.25) is 0 Å². The molecule has 0 aliphatic heterocycles. The lowest BCUT2D eigenvalue weighted by atomic mass is 10.3. The molecular weight excluding hydrogens is 232 g/mol. The maximum Gasteiger partial charge on any atom is 0.334 e. The lowest BCUT2D eigenvalue weighted by Crippen LogP contribution is -2.46. The van der Waals surface area contributed by atoms with E-state index in [1.165, 1.54) is 0 Å². The second kappa shape index (κ2) is 8.23. The summed E-state index contributed by atoms with van der Waals surface area (Å²) in [5.74, 6) is -0.553. The van der Waals surface area contributed by atoms with Gasteiger partial charge < -0.3 is 20.8 Å². The van der Waals surface area contributed by atoms with Crippen LogP contribution in [0.5, 0.6) is 0 Å². The highest BCUT2D eigenvalue weighted by Crippen LogP contribution is 2.00. The number of aliphatic carboxylic acids is 1. The van der Waals surface area contributed by atoms with Crippen LogP contribution in [0.2, 0.25) is 0 Å². The molecule has 0 heterocycles. The summed E-state index contributed by atoms with van der Waals surface area (Å²) in [6.45, 7) is 1.66. The summed E-state index contributed by atoms with van der Waals surface area (Å²) in [4.78, 5) is 21.5. The molecule has 0 rings (SSSR count). The van der Waals surface area contributed by atoms with Crippen molar-refractivity contribution >= 4 is 23.8 Å². The zero-order valence-electron chi connectivity index (χ0n) is 9.40. The molecule has 0 aliphatic carbocycles. The SMILES string of the molecule is CCC(CSC)NC(=O)NC[C@H](O)C(=O)O. The molecule has 0 fully saturated rings. The third kappa shape index (κ3) is 6.52. The number of carboxylic acid groups (broad SMARTS) is 1. The average Bonchev–Trinajstić information content (AvgIpc) is 2.24. The molecule has 0 aliphatic rings. The Hall–Kier alpha value is -0.950. The molecule has 0 aromatic rings. The van der Waals surface area contributed by atoms with E-state index < -0.39 is 18.1 Å². The molecule has 94 valence electrons. The highest BCUT2D eigenvalue weighted by atomic mass is 32.2. The van der Waals surface area contributed by atoms with Gasteiger partial charge in [0.25, 0.3) is 0 Å². The van der Waals surface area contributed by atoms with Crippen molar-refractivity contribution < 1.29 is 19.8 Å². The number of carbonyl (C=O) groups excluding carboxylic acids is 1. The highest BCUT2D eigenvalue weighted by molar-refractivity contribution is 7.98. The lowest BCUT2D eigenvalue weighted by molar-refractivity contribution is -0.146. The fourth-order valence-electron chi connectivity index (χ4n) is 0.976. The zero-order valence-corrected chi connectivity index (χ0v) is 10.2. The number of nitrogens with one attached hydrogen (secondary N) is 2. The summed E-state index contributed by atoms with van der Waals surface area (Å²) in [5.41, 5.74) is 0. The number of amides is 2. The van der Waals surface area contributed by atoms with Crippen molar-refractivity contribution in [2.75, 3.05) is 18.6 Å². The van der Waals surface area contributed by atoms with Crippen LogP contribution in [0.25, 0.3) is 0 Å². The number of urea groups is 1. The van der Waals surface area contributed by atoms with E-state index in [-0.39, 0.29) is 12.6 Å². The molecule has 0 bridgehead atoms. The minimum absolute atomic E-state index is 0.0528. The van der Waals surface area contributed by atoms with Crippen LogP contribution in [0.4, 0.5) is 4.79 Å². The van der Waals surface area contributed by atoms with Crippen LogP contribution in [0.15, 0.2) is 0 Å². The standard InChI is InChI=1S/C9H18N2O4S/c1-3-6(5-16-2)11-9(15)10-4-7(12)8(13)14/h6-7,12H,3-5H2,1-2H3,(H,13,14)(H2,10,11,15)/t6?,7-/m0/s1. The van der Waals surface area contributed by atoms with Crippen LogP contribution in [-0.4, -0.2) is 52.9 Å². The Balaban J connectivity index is 3.84. The van der Waals surface area contributed by atoms with Crippen molar-refractivity contribution in [3.63, 3.8) is 0 Å². The van der Waals surface area contributed by atoms with E-state index >= 15 is 0 Å². The van der Waals surface area contributed by atoms with Gasteiger partial charge in [0.05, 0.1) is 6.54 Å². The number of thioether (sulfide) groups is 1. The van der Waals surface area contributed by atoms with Crippen molar-refractivity contribution in [1.82, 2.24) is 10.6 Å². The molecule has 6 nitrogen and oxygen atoms in total. The Morgan fingerprint density at radius 3 is 2.50 bits per heavy atom. The fourth-order valence-corrected chi connectivity index (χ4v) is 1.70. The maximum absolute atomic E-state index is 11.3. The molecule has 1 unspecified atom stereocenters. The van der Waals surface area contributed by atoms with Gasteiger partial charge in [-0.25, -0.2) is 9.59 Å². The molecule has 0 spiro atoms. The van der Waals surface area contributed by atoms with E-state index in [0.29, 0.717) is 0 Å². The number of aliphatic hydroxyl groups excluding tert-OH is 1. The Morgan fingerprint density at radius 2 is 2.06 bits per heavy atom. The zero-order chi connectivity index (χ0) is 12.6. The van der Waals surface area contributed by atoms with Crippen LogP contribution in [0.3, 0.4) is 0 Å². The van der Waals surface area contributed by atoms with Crippen molar-refractivity contribution in [3.05, 3.63) is 0 Å².